The van der Waals surface area contributed by atoms with Crippen LogP contribution in [0.5, 0.6) is 0 Å². The fourth-order valence-corrected chi connectivity index (χ4v) is 3.73. The number of fused-ring (bicyclic) bond motifs is 1. The topological polar surface area (TPSA) is 55.1 Å². The van der Waals surface area contributed by atoms with E-state index in [-0.39, 0.29) is 0 Å². The van der Waals surface area contributed by atoms with Gasteiger partial charge in [-0.15, -0.1) is 0 Å². The van der Waals surface area contributed by atoms with E-state index in [0.717, 1.165) is 23.2 Å². The van der Waals surface area contributed by atoms with Gasteiger partial charge in [0.15, 0.2) is 0 Å². The number of nitrogens with zero attached hydrogens (tertiary/aromatic N) is 2. The van der Waals surface area contributed by atoms with E-state index in [1.165, 1.54) is 22.2 Å². The third kappa shape index (κ3) is 3.69. The molecule has 4 heteroatoms. The molecule has 0 fully saturated rings. The number of carbonyl (C=O) groups is 1. The normalized spacial score (nSPS) is 11.7. The molecule has 4 nitrogen and oxygen atoms in total. The Balaban J connectivity index is 1.77. The van der Waals surface area contributed by atoms with Gasteiger partial charge in [-0.1, -0.05) is 42.5 Å². The highest BCUT2D eigenvalue weighted by molar-refractivity contribution is 5.92. The molecule has 0 aliphatic heterocycles. The summed E-state index contributed by atoms with van der Waals surface area (Å²) in [4.78, 5) is 15.3. The molecule has 0 saturated heterocycles. The van der Waals surface area contributed by atoms with E-state index in [1.807, 2.05) is 24.4 Å². The second-order valence-electron chi connectivity index (χ2n) is 7.19. The van der Waals surface area contributed by atoms with E-state index in [0.29, 0.717) is 5.57 Å². The van der Waals surface area contributed by atoms with Gasteiger partial charge in [-0.05, 0) is 54.8 Å². The van der Waals surface area contributed by atoms with Crippen LogP contribution in [-0.4, -0.2) is 20.6 Å². The number of carboxylic acid groups (broad SMARTS) is 1. The zero-order chi connectivity index (χ0) is 20.4. The van der Waals surface area contributed by atoms with Crippen molar-refractivity contribution in [3.63, 3.8) is 0 Å². The molecule has 0 unspecified atom stereocenters. The molecule has 0 aliphatic rings. The number of aromatic nitrogens is 2. The molecular formula is C25H22N2O2. The summed E-state index contributed by atoms with van der Waals surface area (Å²) in [5.74, 6) is -0.899. The van der Waals surface area contributed by atoms with Crippen molar-refractivity contribution in [1.29, 1.82) is 0 Å². The Morgan fingerprint density at radius 2 is 1.83 bits per heavy atom. The highest BCUT2D eigenvalue weighted by Gasteiger charge is 2.15. The number of hydrogen-bond acceptors (Lipinski definition) is 2. The summed E-state index contributed by atoms with van der Waals surface area (Å²) in [5.41, 5.74) is 7.06. The number of aliphatic carboxylic acids is 1. The van der Waals surface area contributed by atoms with Crippen molar-refractivity contribution in [3.8, 4) is 11.3 Å². The van der Waals surface area contributed by atoms with Crippen LogP contribution in [0.15, 0.2) is 78.6 Å². The molecule has 4 rings (SSSR count). The number of carboxylic acids is 1. The van der Waals surface area contributed by atoms with E-state index in [9.17, 15) is 4.79 Å². The van der Waals surface area contributed by atoms with Crippen molar-refractivity contribution >= 4 is 22.9 Å². The van der Waals surface area contributed by atoms with Crippen LogP contribution < -0.4 is 0 Å². The molecule has 1 N–H and O–H groups in total. The lowest BCUT2D eigenvalue weighted by atomic mass is 10.1. The quantitative estimate of drug-likeness (QED) is 0.461. The third-order valence-corrected chi connectivity index (χ3v) is 5.20. The van der Waals surface area contributed by atoms with Crippen LogP contribution in [0.4, 0.5) is 0 Å². The number of hydrogen-bond donors (Lipinski definition) is 1. The summed E-state index contributed by atoms with van der Waals surface area (Å²) in [6.45, 7) is 4.48. The first-order chi connectivity index (χ1) is 14.0. The number of aryl methyl sites for hydroxylation is 1. The maximum Gasteiger partial charge on any atom is 0.331 e. The molecule has 0 atom stereocenters. The lowest BCUT2D eigenvalue weighted by Gasteiger charge is -2.12. The first-order valence-corrected chi connectivity index (χ1v) is 9.53. The van der Waals surface area contributed by atoms with Gasteiger partial charge >= 0.3 is 5.97 Å². The minimum Gasteiger partial charge on any atom is -0.478 e. The molecule has 0 spiro atoms. The Hall–Kier alpha value is -3.66. The molecule has 2 heterocycles. The predicted molar refractivity (Wildman–Crippen MR) is 117 cm³/mol. The summed E-state index contributed by atoms with van der Waals surface area (Å²) in [6.07, 6.45) is 5.37. The third-order valence-electron chi connectivity index (χ3n) is 5.20. The van der Waals surface area contributed by atoms with Crippen molar-refractivity contribution in [1.82, 2.24) is 9.55 Å². The fraction of sp³-hybridized carbons (Fsp3) is 0.120. The second kappa shape index (κ2) is 7.76. The van der Waals surface area contributed by atoms with Crippen LogP contribution in [0.1, 0.15) is 23.6 Å². The van der Waals surface area contributed by atoms with Gasteiger partial charge in [0.25, 0.3) is 0 Å². The molecule has 0 radical (unpaired) electrons. The maximum absolute atomic E-state index is 11.0. The Morgan fingerprint density at radius 1 is 1.07 bits per heavy atom. The Labute approximate surface area is 169 Å². The number of rotatable bonds is 5. The van der Waals surface area contributed by atoms with Crippen molar-refractivity contribution in [3.05, 3.63) is 95.3 Å². The van der Waals surface area contributed by atoms with Crippen molar-refractivity contribution in [2.45, 2.75) is 20.4 Å². The summed E-state index contributed by atoms with van der Waals surface area (Å²) in [6, 6.07) is 20.5. The van der Waals surface area contributed by atoms with Gasteiger partial charge in [0.05, 0.1) is 5.69 Å². The minimum atomic E-state index is -0.899. The molecule has 4 aromatic rings. The Morgan fingerprint density at radius 3 is 2.52 bits per heavy atom. The highest BCUT2D eigenvalue weighted by atomic mass is 16.4. The summed E-state index contributed by atoms with van der Waals surface area (Å²) in [7, 11) is 0. The van der Waals surface area contributed by atoms with Crippen LogP contribution in [0, 0.1) is 6.92 Å². The Bertz CT molecular complexity index is 1200. The summed E-state index contributed by atoms with van der Waals surface area (Å²) >= 11 is 0. The van der Waals surface area contributed by atoms with Gasteiger partial charge in [0, 0.05) is 41.0 Å². The monoisotopic (exact) mass is 382 g/mol. The fourth-order valence-electron chi connectivity index (χ4n) is 3.73. The summed E-state index contributed by atoms with van der Waals surface area (Å²) < 4.78 is 2.33. The van der Waals surface area contributed by atoms with Crippen LogP contribution in [0.3, 0.4) is 0 Å². The van der Waals surface area contributed by atoms with Crippen LogP contribution >= 0.6 is 0 Å². The molecule has 2 aromatic carbocycles. The molecule has 0 bridgehead atoms. The molecule has 144 valence electrons. The number of para-hydroxylation sites is 1. The molecular weight excluding hydrogens is 360 g/mol. The van der Waals surface area contributed by atoms with Crippen molar-refractivity contribution < 1.29 is 9.90 Å². The minimum absolute atomic E-state index is 0.323. The van der Waals surface area contributed by atoms with E-state index in [2.05, 4.69) is 58.9 Å². The first-order valence-electron chi connectivity index (χ1n) is 9.53. The van der Waals surface area contributed by atoms with Gasteiger partial charge in [-0.25, -0.2) is 4.79 Å². The lowest BCUT2D eigenvalue weighted by Crippen LogP contribution is -2.02. The molecule has 0 amide bonds. The zero-order valence-corrected chi connectivity index (χ0v) is 16.5. The highest BCUT2D eigenvalue weighted by Crippen LogP contribution is 2.33. The Kier molecular flexibility index (Phi) is 5.00. The molecule has 2 aromatic heterocycles. The van der Waals surface area contributed by atoms with Gasteiger partial charge < -0.3 is 9.67 Å². The van der Waals surface area contributed by atoms with E-state index >= 15 is 0 Å². The largest absolute Gasteiger partial charge is 0.478 e. The zero-order valence-electron chi connectivity index (χ0n) is 16.5. The SMILES string of the molecule is C/C(=C\c1ccc(Cn2c(-c3cccnc3)c(C)c3ccccc32)cc1)C(=O)O. The van der Waals surface area contributed by atoms with Crippen LogP contribution in [-0.2, 0) is 11.3 Å². The second-order valence-corrected chi connectivity index (χ2v) is 7.19. The molecule has 0 aliphatic carbocycles. The predicted octanol–water partition coefficient (Wildman–Crippen LogP) is 5.55. The molecule has 0 saturated carbocycles. The summed E-state index contributed by atoms with van der Waals surface area (Å²) in [5, 5.41) is 10.3. The molecule has 29 heavy (non-hydrogen) atoms. The van der Waals surface area contributed by atoms with Crippen molar-refractivity contribution in [2.75, 3.05) is 0 Å². The van der Waals surface area contributed by atoms with Crippen LogP contribution in [0.2, 0.25) is 0 Å². The van der Waals surface area contributed by atoms with E-state index in [1.54, 1.807) is 19.2 Å². The van der Waals surface area contributed by atoms with E-state index in [4.69, 9.17) is 5.11 Å². The van der Waals surface area contributed by atoms with Gasteiger partial charge in [-0.3, -0.25) is 4.98 Å². The maximum atomic E-state index is 11.0. The van der Waals surface area contributed by atoms with Gasteiger partial charge in [0.1, 0.15) is 0 Å². The van der Waals surface area contributed by atoms with Gasteiger partial charge in [0.2, 0.25) is 0 Å². The number of benzene rings is 2. The van der Waals surface area contributed by atoms with Gasteiger partial charge in [-0.2, -0.15) is 0 Å². The van der Waals surface area contributed by atoms with Crippen molar-refractivity contribution in [2.24, 2.45) is 0 Å². The average Bonchev–Trinajstić information content (AvgIpc) is 3.02. The average molecular weight is 382 g/mol. The number of pyridine rings is 1. The standard InChI is InChI=1S/C25H22N2O2/c1-17(25(28)29)14-19-9-11-20(12-10-19)16-27-23-8-4-3-7-22(23)18(2)24(27)21-6-5-13-26-15-21/h3-15H,16H2,1-2H3,(H,28,29)/b17-14+. The van der Waals surface area contributed by atoms with Crippen LogP contribution in [0.25, 0.3) is 28.2 Å². The lowest BCUT2D eigenvalue weighted by molar-refractivity contribution is -0.132. The smallest absolute Gasteiger partial charge is 0.331 e. The first kappa shape index (κ1) is 18.7. The van der Waals surface area contributed by atoms with E-state index < -0.39 is 5.97 Å².